The Morgan fingerprint density at radius 3 is 2.86 bits per heavy atom. The van der Waals surface area contributed by atoms with Crippen LogP contribution in [0.4, 0.5) is 0 Å². The zero-order valence-electron chi connectivity index (χ0n) is 15.9. The molecular weight excluding hydrogens is 469 g/mol. The second-order valence-corrected chi connectivity index (χ2v) is 6.42. The summed E-state index contributed by atoms with van der Waals surface area (Å²) in [5.41, 5.74) is 4.29. The first-order valence-corrected chi connectivity index (χ1v) is 8.99. The van der Waals surface area contributed by atoms with E-state index < -0.39 is 0 Å². The molecule has 0 atom stereocenters. The van der Waals surface area contributed by atoms with Crippen molar-refractivity contribution in [3.63, 3.8) is 0 Å². The molecule has 0 aliphatic carbocycles. The summed E-state index contributed by atoms with van der Waals surface area (Å²) in [6.07, 6.45) is 2.92. The van der Waals surface area contributed by atoms with Crippen LogP contribution < -0.4 is 20.1 Å². The molecule has 0 amide bonds. The molecule has 0 fully saturated rings. The Balaban J connectivity index is 0.00000225. The second kappa shape index (κ2) is 9.13. The zero-order valence-corrected chi connectivity index (χ0v) is 18.3. The van der Waals surface area contributed by atoms with Gasteiger partial charge < -0.3 is 24.5 Å². The molecule has 0 bridgehead atoms. The van der Waals surface area contributed by atoms with Gasteiger partial charge in [-0.1, -0.05) is 12.1 Å². The van der Waals surface area contributed by atoms with Crippen LogP contribution in [-0.4, -0.2) is 35.7 Å². The smallest absolute Gasteiger partial charge is 0.231 e. The highest BCUT2D eigenvalue weighted by Crippen LogP contribution is 2.32. The lowest BCUT2D eigenvalue weighted by Crippen LogP contribution is -2.37. The lowest BCUT2D eigenvalue weighted by molar-refractivity contribution is 0.174. The first kappa shape index (κ1) is 20.2. The minimum atomic E-state index is 0. The van der Waals surface area contributed by atoms with Gasteiger partial charge in [0.25, 0.3) is 0 Å². The molecule has 4 rings (SSSR count). The number of hydrogen-bond donors (Lipinski definition) is 2. The van der Waals surface area contributed by atoms with Crippen LogP contribution >= 0.6 is 24.0 Å². The molecule has 0 saturated carbocycles. The topological polar surface area (TPSA) is 72.2 Å². The molecule has 1 aliphatic rings. The summed E-state index contributed by atoms with van der Waals surface area (Å²) in [5, 5.41) is 6.65. The van der Waals surface area contributed by atoms with E-state index >= 15 is 0 Å². The number of ether oxygens (including phenoxy) is 2. The van der Waals surface area contributed by atoms with E-state index in [1.807, 2.05) is 24.3 Å². The Labute approximate surface area is 181 Å². The fourth-order valence-corrected chi connectivity index (χ4v) is 3.10. The van der Waals surface area contributed by atoms with Gasteiger partial charge in [-0.05, 0) is 43.2 Å². The molecule has 7 nitrogen and oxygen atoms in total. The molecule has 3 aromatic rings. The van der Waals surface area contributed by atoms with Gasteiger partial charge in [-0.25, -0.2) is 4.98 Å². The second-order valence-electron chi connectivity index (χ2n) is 6.42. The molecule has 2 N–H and O–H groups in total. The monoisotopic (exact) mass is 493 g/mol. The molecule has 8 heteroatoms. The van der Waals surface area contributed by atoms with Crippen LogP contribution in [0.2, 0.25) is 0 Å². The quantitative estimate of drug-likeness (QED) is 0.325. The van der Waals surface area contributed by atoms with Crippen molar-refractivity contribution in [1.82, 2.24) is 20.0 Å². The van der Waals surface area contributed by atoms with E-state index in [1.165, 1.54) is 5.56 Å². The predicted octanol–water partition coefficient (Wildman–Crippen LogP) is 2.90. The SMILES string of the molecule is CN=C(NCCc1ccc2c(c1)OCO2)NCc1cn2c(C)cccc2n1.I. The van der Waals surface area contributed by atoms with Crippen LogP contribution in [0.3, 0.4) is 0 Å². The number of pyridine rings is 1. The molecule has 1 aliphatic heterocycles. The maximum absolute atomic E-state index is 5.42. The predicted molar refractivity (Wildman–Crippen MR) is 120 cm³/mol. The highest BCUT2D eigenvalue weighted by Gasteiger charge is 2.13. The van der Waals surface area contributed by atoms with E-state index in [0.29, 0.717) is 13.3 Å². The lowest BCUT2D eigenvalue weighted by Gasteiger charge is -2.11. The fourth-order valence-electron chi connectivity index (χ4n) is 3.10. The summed E-state index contributed by atoms with van der Waals surface area (Å²) in [4.78, 5) is 8.91. The van der Waals surface area contributed by atoms with Crippen LogP contribution in [-0.2, 0) is 13.0 Å². The van der Waals surface area contributed by atoms with Gasteiger partial charge in [-0.15, -0.1) is 24.0 Å². The molecular formula is C20H24IN5O2. The minimum Gasteiger partial charge on any atom is -0.454 e. The van der Waals surface area contributed by atoms with Gasteiger partial charge in [-0.3, -0.25) is 4.99 Å². The van der Waals surface area contributed by atoms with Gasteiger partial charge in [0.2, 0.25) is 6.79 Å². The van der Waals surface area contributed by atoms with E-state index in [2.05, 4.69) is 50.3 Å². The molecule has 2 aromatic heterocycles. The zero-order chi connectivity index (χ0) is 18.6. The van der Waals surface area contributed by atoms with Crippen molar-refractivity contribution >= 4 is 35.6 Å². The van der Waals surface area contributed by atoms with Crippen LogP contribution in [0.15, 0.2) is 47.6 Å². The number of halogens is 1. The number of hydrogen-bond acceptors (Lipinski definition) is 4. The van der Waals surface area contributed by atoms with Crippen molar-refractivity contribution in [2.45, 2.75) is 19.9 Å². The van der Waals surface area contributed by atoms with Crippen LogP contribution in [0.25, 0.3) is 5.65 Å². The summed E-state index contributed by atoms with van der Waals surface area (Å²) in [6, 6.07) is 12.1. The number of aliphatic imine (C=N–C) groups is 1. The summed E-state index contributed by atoms with van der Waals surface area (Å²) < 4.78 is 12.9. The third-order valence-electron chi connectivity index (χ3n) is 4.55. The summed E-state index contributed by atoms with van der Waals surface area (Å²) >= 11 is 0. The number of fused-ring (bicyclic) bond motifs is 2. The van der Waals surface area contributed by atoms with Crippen molar-refractivity contribution in [3.05, 3.63) is 59.5 Å². The number of benzene rings is 1. The minimum absolute atomic E-state index is 0. The van der Waals surface area contributed by atoms with E-state index in [9.17, 15) is 0 Å². The van der Waals surface area contributed by atoms with Gasteiger partial charge >= 0.3 is 0 Å². The number of aryl methyl sites for hydroxylation is 1. The third-order valence-corrected chi connectivity index (χ3v) is 4.55. The number of rotatable bonds is 5. The van der Waals surface area contributed by atoms with Crippen molar-refractivity contribution in [1.29, 1.82) is 0 Å². The van der Waals surface area contributed by atoms with Crippen molar-refractivity contribution in [3.8, 4) is 11.5 Å². The average molecular weight is 493 g/mol. The van der Waals surface area contributed by atoms with Gasteiger partial charge in [0.05, 0.1) is 12.2 Å². The molecule has 0 unspecified atom stereocenters. The number of imidazole rings is 1. The third kappa shape index (κ3) is 4.49. The maximum atomic E-state index is 5.42. The largest absolute Gasteiger partial charge is 0.454 e. The Hall–Kier alpha value is -2.49. The Bertz CT molecular complexity index is 986. The fraction of sp³-hybridized carbons (Fsp3) is 0.300. The van der Waals surface area contributed by atoms with Crippen LogP contribution in [0.5, 0.6) is 11.5 Å². The van der Waals surface area contributed by atoms with E-state index in [0.717, 1.165) is 47.5 Å². The maximum Gasteiger partial charge on any atom is 0.231 e. The number of aromatic nitrogens is 2. The molecule has 3 heterocycles. The Morgan fingerprint density at radius 2 is 2.04 bits per heavy atom. The van der Waals surface area contributed by atoms with Gasteiger partial charge in [0, 0.05) is 25.5 Å². The van der Waals surface area contributed by atoms with Gasteiger partial charge in [0.15, 0.2) is 17.5 Å². The van der Waals surface area contributed by atoms with Gasteiger partial charge in [0.1, 0.15) is 5.65 Å². The number of nitrogens with one attached hydrogen (secondary N) is 2. The average Bonchev–Trinajstić information content (AvgIpc) is 3.31. The highest BCUT2D eigenvalue weighted by molar-refractivity contribution is 14.0. The van der Waals surface area contributed by atoms with Crippen LogP contribution in [0, 0.1) is 6.92 Å². The van der Waals surface area contributed by atoms with Crippen molar-refractivity contribution in [2.75, 3.05) is 20.4 Å². The molecule has 0 saturated heterocycles. The Morgan fingerprint density at radius 1 is 1.18 bits per heavy atom. The Kier molecular flexibility index (Phi) is 6.61. The molecule has 28 heavy (non-hydrogen) atoms. The lowest BCUT2D eigenvalue weighted by atomic mass is 10.1. The first-order valence-electron chi connectivity index (χ1n) is 8.99. The summed E-state index contributed by atoms with van der Waals surface area (Å²) in [5.74, 6) is 2.38. The molecule has 0 radical (unpaired) electrons. The molecule has 148 valence electrons. The standard InChI is InChI=1S/C20H23N5O2.HI/c1-14-4-3-5-19-24-16(12-25(14)19)11-23-20(21-2)22-9-8-15-6-7-17-18(10-15)27-13-26-17;/h3-7,10,12H,8-9,11,13H2,1-2H3,(H2,21,22,23);1H. The highest BCUT2D eigenvalue weighted by atomic mass is 127. The number of guanidine groups is 1. The van der Waals surface area contributed by atoms with E-state index in [4.69, 9.17) is 9.47 Å². The van der Waals surface area contributed by atoms with Crippen molar-refractivity contribution in [2.24, 2.45) is 4.99 Å². The van der Waals surface area contributed by atoms with Gasteiger partial charge in [-0.2, -0.15) is 0 Å². The first-order chi connectivity index (χ1) is 13.2. The molecule has 1 aromatic carbocycles. The summed E-state index contributed by atoms with van der Waals surface area (Å²) in [6.45, 7) is 3.76. The molecule has 0 spiro atoms. The number of nitrogens with zero attached hydrogens (tertiary/aromatic N) is 3. The van der Waals surface area contributed by atoms with Crippen molar-refractivity contribution < 1.29 is 9.47 Å². The van der Waals surface area contributed by atoms with E-state index in [1.54, 1.807) is 7.05 Å². The van der Waals surface area contributed by atoms with Crippen LogP contribution in [0.1, 0.15) is 17.0 Å². The normalized spacial score (nSPS) is 12.7. The summed E-state index contributed by atoms with van der Waals surface area (Å²) in [7, 11) is 1.77. The van der Waals surface area contributed by atoms with E-state index in [-0.39, 0.29) is 24.0 Å².